The molecule has 3 nitrogen and oxygen atoms in total. The highest BCUT2D eigenvalue weighted by Crippen LogP contribution is 2.44. The van der Waals surface area contributed by atoms with Gasteiger partial charge in [-0.25, -0.2) is 0 Å². The fraction of sp³-hybridized carbons (Fsp3) is 0.538. The van der Waals surface area contributed by atoms with Crippen LogP contribution in [0.1, 0.15) is 18.4 Å². The molecule has 2 unspecified atom stereocenters. The second-order valence-corrected chi connectivity index (χ2v) is 7.18. The van der Waals surface area contributed by atoms with Crippen molar-refractivity contribution in [3.63, 3.8) is 0 Å². The van der Waals surface area contributed by atoms with Crippen molar-refractivity contribution in [2.24, 2.45) is 0 Å². The van der Waals surface area contributed by atoms with Crippen LogP contribution in [-0.2, 0) is 4.74 Å². The molecule has 2 rings (SSSR count). The van der Waals surface area contributed by atoms with Gasteiger partial charge in [-0.3, -0.25) is 4.72 Å². The molecule has 1 aromatic rings. The van der Waals surface area contributed by atoms with Crippen molar-refractivity contribution in [1.82, 2.24) is 4.72 Å². The second kappa shape index (κ2) is 5.40. The fourth-order valence-electron chi connectivity index (χ4n) is 1.95. The van der Waals surface area contributed by atoms with E-state index in [1.165, 1.54) is 5.56 Å². The van der Waals surface area contributed by atoms with Crippen molar-refractivity contribution in [2.75, 3.05) is 19.4 Å². The molecule has 96 valence electrons. The Morgan fingerprint density at radius 1 is 1.41 bits per heavy atom. The molecule has 2 atom stereocenters. The number of aryl methyl sites for hydroxylation is 1. The Morgan fingerprint density at radius 3 is 2.71 bits per heavy atom. The molecule has 0 bridgehead atoms. The van der Waals surface area contributed by atoms with Gasteiger partial charge in [0.25, 0.3) is 0 Å². The lowest BCUT2D eigenvalue weighted by Gasteiger charge is -2.32. The van der Waals surface area contributed by atoms with Gasteiger partial charge in [0.2, 0.25) is 0 Å². The number of nitrogens with one attached hydrogen (secondary N) is 1. The molecule has 0 spiro atoms. The maximum atomic E-state index is 10.5. The molecule has 1 aliphatic rings. The van der Waals surface area contributed by atoms with E-state index in [0.717, 1.165) is 30.9 Å². The van der Waals surface area contributed by atoms with Crippen molar-refractivity contribution in [3.05, 3.63) is 29.8 Å². The van der Waals surface area contributed by atoms with E-state index in [2.05, 4.69) is 4.72 Å². The topological polar surface area (TPSA) is 41.5 Å². The van der Waals surface area contributed by atoms with Crippen molar-refractivity contribution < 1.29 is 9.29 Å². The molecule has 0 aromatic heterocycles. The SMILES string of the molecule is Cc1ccc(S(C)(O)NCC2CCCO2)cc1. The molecule has 4 heteroatoms. The van der Waals surface area contributed by atoms with Crippen molar-refractivity contribution in [1.29, 1.82) is 0 Å². The first-order valence-corrected chi connectivity index (χ1v) is 8.01. The third kappa shape index (κ3) is 3.45. The molecule has 1 aliphatic heterocycles. The van der Waals surface area contributed by atoms with Crippen LogP contribution >= 0.6 is 10.5 Å². The Kier molecular flexibility index (Phi) is 4.09. The zero-order chi connectivity index (χ0) is 12.3. The average molecular weight is 255 g/mol. The minimum absolute atomic E-state index is 0.263. The smallest absolute Gasteiger partial charge is 0.0709 e. The maximum Gasteiger partial charge on any atom is 0.0709 e. The summed E-state index contributed by atoms with van der Waals surface area (Å²) in [6.07, 6.45) is 4.36. The summed E-state index contributed by atoms with van der Waals surface area (Å²) >= 11 is 0. The van der Waals surface area contributed by atoms with E-state index < -0.39 is 10.5 Å². The lowest BCUT2D eigenvalue weighted by Crippen LogP contribution is -2.28. The van der Waals surface area contributed by atoms with Gasteiger partial charge < -0.3 is 9.29 Å². The summed E-state index contributed by atoms with van der Waals surface area (Å²) in [6.45, 7) is 3.64. The number of benzene rings is 1. The molecule has 0 saturated carbocycles. The van der Waals surface area contributed by atoms with Crippen LogP contribution in [0.5, 0.6) is 0 Å². The molecule has 1 aromatic carbocycles. The highest BCUT2D eigenvalue weighted by Gasteiger charge is 2.21. The molecule has 2 N–H and O–H groups in total. The summed E-state index contributed by atoms with van der Waals surface area (Å²) in [5.74, 6) is 0. The van der Waals surface area contributed by atoms with Gasteiger partial charge in [-0.15, -0.1) is 0 Å². The van der Waals surface area contributed by atoms with E-state index in [1.54, 1.807) is 0 Å². The normalized spacial score (nSPS) is 25.5. The summed E-state index contributed by atoms with van der Waals surface area (Å²) in [5, 5.41) is 0. The van der Waals surface area contributed by atoms with E-state index in [0.29, 0.717) is 0 Å². The summed E-state index contributed by atoms with van der Waals surface area (Å²) in [6, 6.07) is 8.05. The van der Waals surface area contributed by atoms with Gasteiger partial charge in [-0.1, -0.05) is 28.2 Å². The lowest BCUT2D eigenvalue weighted by molar-refractivity contribution is 0.114. The van der Waals surface area contributed by atoms with Crippen LogP contribution in [0.3, 0.4) is 0 Å². The van der Waals surface area contributed by atoms with Gasteiger partial charge in [0, 0.05) is 24.3 Å². The van der Waals surface area contributed by atoms with E-state index in [1.807, 2.05) is 37.4 Å². The van der Waals surface area contributed by atoms with Gasteiger partial charge in [0.15, 0.2) is 0 Å². The Balaban J connectivity index is 1.94. The monoisotopic (exact) mass is 255 g/mol. The van der Waals surface area contributed by atoms with E-state index >= 15 is 0 Å². The van der Waals surface area contributed by atoms with Crippen LogP contribution in [0.4, 0.5) is 0 Å². The minimum Gasteiger partial charge on any atom is -0.377 e. The minimum atomic E-state index is -1.89. The first-order chi connectivity index (χ1) is 8.08. The number of hydrogen-bond acceptors (Lipinski definition) is 3. The van der Waals surface area contributed by atoms with Gasteiger partial charge in [0.1, 0.15) is 0 Å². The Morgan fingerprint density at radius 2 is 2.12 bits per heavy atom. The summed E-state index contributed by atoms with van der Waals surface area (Å²) in [4.78, 5) is 0.973. The molecular formula is C13H21NO2S. The predicted octanol–water partition coefficient (Wildman–Crippen LogP) is 2.94. The molecule has 0 radical (unpaired) electrons. The van der Waals surface area contributed by atoms with E-state index in [-0.39, 0.29) is 6.10 Å². The standard InChI is InChI=1S/C13H21NO2S/c1-11-5-7-13(8-6-11)17(2,15)14-10-12-4-3-9-16-12/h5-8,12,14-15H,3-4,9-10H2,1-2H3. The van der Waals surface area contributed by atoms with E-state index in [9.17, 15) is 4.55 Å². The van der Waals surface area contributed by atoms with Crippen molar-refractivity contribution >= 4 is 10.5 Å². The Hall–Kier alpha value is -0.550. The molecule has 0 amide bonds. The largest absolute Gasteiger partial charge is 0.377 e. The van der Waals surface area contributed by atoms with Crippen LogP contribution in [0.25, 0.3) is 0 Å². The highest BCUT2D eigenvalue weighted by atomic mass is 32.3. The zero-order valence-electron chi connectivity index (χ0n) is 10.5. The number of rotatable bonds is 4. The highest BCUT2D eigenvalue weighted by molar-refractivity contribution is 8.27. The number of hydrogen-bond donors (Lipinski definition) is 2. The quantitative estimate of drug-likeness (QED) is 0.869. The Bertz CT molecular complexity index is 358. The molecule has 1 heterocycles. The van der Waals surface area contributed by atoms with E-state index in [4.69, 9.17) is 4.74 Å². The van der Waals surface area contributed by atoms with Crippen LogP contribution < -0.4 is 4.72 Å². The zero-order valence-corrected chi connectivity index (χ0v) is 11.3. The molecular weight excluding hydrogens is 234 g/mol. The Labute approximate surface area is 105 Å². The van der Waals surface area contributed by atoms with Gasteiger partial charge in [-0.2, -0.15) is 0 Å². The fourth-order valence-corrected chi connectivity index (χ4v) is 3.29. The van der Waals surface area contributed by atoms with Crippen LogP contribution in [-0.4, -0.2) is 30.1 Å². The third-order valence-electron chi connectivity index (χ3n) is 3.10. The lowest BCUT2D eigenvalue weighted by atomic mass is 10.2. The van der Waals surface area contributed by atoms with Gasteiger partial charge in [-0.05, 0) is 31.9 Å². The van der Waals surface area contributed by atoms with Crippen molar-refractivity contribution in [2.45, 2.75) is 30.8 Å². The average Bonchev–Trinajstić information content (AvgIpc) is 2.80. The third-order valence-corrected chi connectivity index (χ3v) is 5.01. The molecule has 17 heavy (non-hydrogen) atoms. The number of ether oxygens (including phenoxy) is 1. The van der Waals surface area contributed by atoms with Crippen molar-refractivity contribution in [3.8, 4) is 0 Å². The second-order valence-electron chi connectivity index (χ2n) is 4.67. The van der Waals surface area contributed by atoms with Crippen LogP contribution in [0.15, 0.2) is 29.2 Å². The van der Waals surface area contributed by atoms with Crippen LogP contribution in [0.2, 0.25) is 0 Å². The van der Waals surface area contributed by atoms with Gasteiger partial charge >= 0.3 is 0 Å². The maximum absolute atomic E-state index is 10.5. The van der Waals surface area contributed by atoms with Gasteiger partial charge in [0.05, 0.1) is 6.10 Å². The molecule has 1 fully saturated rings. The first kappa shape index (κ1) is 12.9. The first-order valence-electron chi connectivity index (χ1n) is 6.01. The summed E-state index contributed by atoms with van der Waals surface area (Å²) < 4.78 is 19.2. The molecule has 0 aliphatic carbocycles. The summed E-state index contributed by atoms with van der Waals surface area (Å²) in [5.41, 5.74) is 1.21. The molecule has 1 saturated heterocycles. The summed E-state index contributed by atoms with van der Waals surface area (Å²) in [7, 11) is -1.89. The predicted molar refractivity (Wildman–Crippen MR) is 72.6 cm³/mol. The van der Waals surface area contributed by atoms with Crippen LogP contribution in [0, 0.1) is 6.92 Å².